The second kappa shape index (κ2) is 5.59. The number of methoxy groups -OCH3 is 1. The van der Waals surface area contributed by atoms with Gasteiger partial charge in [0.1, 0.15) is 10.6 Å². The van der Waals surface area contributed by atoms with E-state index in [2.05, 4.69) is 9.62 Å². The van der Waals surface area contributed by atoms with E-state index in [1.165, 1.54) is 13.2 Å². The van der Waals surface area contributed by atoms with Gasteiger partial charge in [-0.1, -0.05) is 0 Å². The van der Waals surface area contributed by atoms with Gasteiger partial charge in [-0.3, -0.25) is 0 Å². The molecule has 1 aliphatic heterocycles. The van der Waals surface area contributed by atoms with Gasteiger partial charge in [-0.05, 0) is 44.6 Å². The summed E-state index contributed by atoms with van der Waals surface area (Å²) < 4.78 is 32.8. The number of hydrogen-bond acceptors (Lipinski definition) is 5. The molecule has 0 aliphatic carbocycles. The van der Waals surface area contributed by atoms with Crippen LogP contribution in [0.4, 0.5) is 5.69 Å². The molecule has 0 bridgehead atoms. The fourth-order valence-corrected chi connectivity index (χ4v) is 3.81. The standard InChI is InChI=1S/C13H21N3O3S/c1-9-6-12(19-3)13(7-11(9)14)20(17,18)15-10-4-5-16(2)8-10/h6-7,10,15H,4-5,8,14H2,1-3H3. The lowest BCUT2D eigenvalue weighted by Crippen LogP contribution is -2.36. The van der Waals surface area contributed by atoms with Crippen LogP contribution in [0.2, 0.25) is 0 Å². The summed E-state index contributed by atoms with van der Waals surface area (Å²) in [4.78, 5) is 2.19. The molecule has 6 nitrogen and oxygen atoms in total. The Morgan fingerprint density at radius 1 is 1.45 bits per heavy atom. The summed E-state index contributed by atoms with van der Waals surface area (Å²) in [6, 6.07) is 3.03. The van der Waals surface area contributed by atoms with E-state index in [1.54, 1.807) is 6.07 Å². The van der Waals surface area contributed by atoms with Crippen LogP contribution in [0.3, 0.4) is 0 Å². The normalized spacial score (nSPS) is 20.2. The van der Waals surface area contributed by atoms with Crippen molar-refractivity contribution in [1.82, 2.24) is 9.62 Å². The van der Waals surface area contributed by atoms with Crippen molar-refractivity contribution in [1.29, 1.82) is 0 Å². The first kappa shape index (κ1) is 15.1. The number of nitrogen functional groups attached to an aromatic ring is 1. The number of ether oxygens (including phenoxy) is 1. The third kappa shape index (κ3) is 3.05. The lowest BCUT2D eigenvalue weighted by molar-refractivity contribution is 0.399. The molecule has 3 N–H and O–H groups in total. The van der Waals surface area contributed by atoms with E-state index in [0.29, 0.717) is 18.0 Å². The van der Waals surface area contributed by atoms with Gasteiger partial charge < -0.3 is 15.4 Å². The molecular weight excluding hydrogens is 278 g/mol. The monoisotopic (exact) mass is 299 g/mol. The summed E-state index contributed by atoms with van der Waals surface area (Å²) in [5, 5.41) is 0. The minimum atomic E-state index is -3.63. The molecule has 2 rings (SSSR count). The van der Waals surface area contributed by atoms with E-state index < -0.39 is 10.0 Å². The Morgan fingerprint density at radius 2 is 2.15 bits per heavy atom. The first-order chi connectivity index (χ1) is 9.33. The Kier molecular flexibility index (Phi) is 4.22. The Bertz CT molecular complexity index is 601. The second-order valence-corrected chi connectivity index (χ2v) is 6.91. The molecule has 112 valence electrons. The molecule has 0 radical (unpaired) electrons. The van der Waals surface area contributed by atoms with Crippen molar-refractivity contribution in [3.63, 3.8) is 0 Å². The van der Waals surface area contributed by atoms with Gasteiger partial charge in [0.25, 0.3) is 0 Å². The highest BCUT2D eigenvalue weighted by atomic mass is 32.2. The average Bonchev–Trinajstić information content (AvgIpc) is 2.76. The maximum Gasteiger partial charge on any atom is 0.244 e. The minimum absolute atomic E-state index is 0.0720. The van der Waals surface area contributed by atoms with Crippen LogP contribution in [-0.4, -0.2) is 46.6 Å². The van der Waals surface area contributed by atoms with Crippen LogP contribution in [0.1, 0.15) is 12.0 Å². The third-order valence-electron chi connectivity index (χ3n) is 3.55. The van der Waals surface area contributed by atoms with Gasteiger partial charge in [-0.25, -0.2) is 13.1 Å². The summed E-state index contributed by atoms with van der Waals surface area (Å²) in [6.07, 6.45) is 0.805. The van der Waals surface area contributed by atoms with Crippen LogP contribution in [0.25, 0.3) is 0 Å². The summed E-state index contributed by atoms with van der Waals surface area (Å²) in [7, 11) is -0.208. The van der Waals surface area contributed by atoms with Crippen LogP contribution in [0, 0.1) is 6.92 Å². The second-order valence-electron chi connectivity index (χ2n) is 5.23. The maximum atomic E-state index is 12.5. The van der Waals surface area contributed by atoms with Crippen LogP contribution in [0.15, 0.2) is 17.0 Å². The Hall–Kier alpha value is -1.31. The highest BCUT2D eigenvalue weighted by Gasteiger charge is 2.27. The fourth-order valence-electron chi connectivity index (χ4n) is 2.36. The maximum absolute atomic E-state index is 12.5. The number of nitrogens with zero attached hydrogens (tertiary/aromatic N) is 1. The van der Waals surface area contributed by atoms with Crippen LogP contribution in [-0.2, 0) is 10.0 Å². The van der Waals surface area contributed by atoms with E-state index in [0.717, 1.165) is 18.5 Å². The summed E-state index contributed by atoms with van der Waals surface area (Å²) >= 11 is 0. The minimum Gasteiger partial charge on any atom is -0.495 e. The summed E-state index contributed by atoms with van der Waals surface area (Å²) in [5.41, 5.74) is 7.05. The van der Waals surface area contributed by atoms with E-state index in [4.69, 9.17) is 10.5 Å². The number of nitrogens with one attached hydrogen (secondary N) is 1. The largest absolute Gasteiger partial charge is 0.495 e. The molecule has 1 aromatic rings. The molecule has 1 unspecified atom stereocenters. The lowest BCUT2D eigenvalue weighted by Gasteiger charge is -2.16. The third-order valence-corrected chi connectivity index (χ3v) is 5.10. The number of benzene rings is 1. The van der Waals surface area contributed by atoms with Gasteiger partial charge in [-0.2, -0.15) is 0 Å². The molecule has 20 heavy (non-hydrogen) atoms. The molecular formula is C13H21N3O3S. The predicted octanol–water partition coefficient (Wildman–Crippen LogP) is 0.568. The number of nitrogens with two attached hydrogens (primary N) is 1. The Balaban J connectivity index is 2.31. The van der Waals surface area contributed by atoms with Gasteiger partial charge in [0.05, 0.1) is 7.11 Å². The SMILES string of the molecule is COc1cc(C)c(N)cc1S(=O)(=O)NC1CCN(C)C1. The summed E-state index contributed by atoms with van der Waals surface area (Å²) in [5.74, 6) is 0.315. The van der Waals surface area contributed by atoms with E-state index >= 15 is 0 Å². The van der Waals surface area contributed by atoms with Crippen molar-refractivity contribution in [2.75, 3.05) is 33.0 Å². The topological polar surface area (TPSA) is 84.7 Å². The number of hydrogen-bond donors (Lipinski definition) is 2. The van der Waals surface area contributed by atoms with Gasteiger partial charge in [0.2, 0.25) is 10.0 Å². The molecule has 1 aromatic carbocycles. The van der Waals surface area contributed by atoms with E-state index in [9.17, 15) is 8.42 Å². The lowest BCUT2D eigenvalue weighted by atomic mass is 10.2. The smallest absolute Gasteiger partial charge is 0.244 e. The van der Waals surface area contributed by atoms with E-state index in [-0.39, 0.29) is 10.9 Å². The number of sulfonamides is 1. The van der Waals surface area contributed by atoms with Gasteiger partial charge in [0, 0.05) is 18.3 Å². The highest BCUT2D eigenvalue weighted by Crippen LogP contribution is 2.29. The van der Waals surface area contributed by atoms with Crippen LogP contribution in [0.5, 0.6) is 5.75 Å². The molecule has 0 amide bonds. The molecule has 0 aromatic heterocycles. The molecule has 0 spiro atoms. The van der Waals surface area contributed by atoms with Crippen molar-refractivity contribution in [2.24, 2.45) is 0 Å². The van der Waals surface area contributed by atoms with Gasteiger partial charge >= 0.3 is 0 Å². The first-order valence-electron chi connectivity index (χ1n) is 6.48. The predicted molar refractivity (Wildman–Crippen MR) is 78.4 cm³/mol. The van der Waals surface area contributed by atoms with Gasteiger partial charge in [0.15, 0.2) is 0 Å². The quantitative estimate of drug-likeness (QED) is 0.794. The van der Waals surface area contributed by atoms with Crippen LogP contribution < -0.4 is 15.2 Å². The number of likely N-dealkylation sites (tertiary alicyclic amines) is 1. The van der Waals surface area contributed by atoms with Crippen molar-refractivity contribution in [3.05, 3.63) is 17.7 Å². The molecule has 1 saturated heterocycles. The zero-order chi connectivity index (χ0) is 14.9. The average molecular weight is 299 g/mol. The molecule has 1 atom stereocenters. The molecule has 0 saturated carbocycles. The van der Waals surface area contributed by atoms with Crippen molar-refractivity contribution >= 4 is 15.7 Å². The zero-order valence-corrected chi connectivity index (χ0v) is 12.8. The number of likely N-dealkylation sites (N-methyl/N-ethyl adjacent to an activating group) is 1. The highest BCUT2D eigenvalue weighted by molar-refractivity contribution is 7.89. The molecule has 1 aliphatic rings. The molecule has 7 heteroatoms. The number of aryl methyl sites for hydroxylation is 1. The van der Waals surface area contributed by atoms with Gasteiger partial charge in [-0.15, -0.1) is 0 Å². The Labute approximate surface area is 120 Å². The zero-order valence-electron chi connectivity index (χ0n) is 12.0. The summed E-state index contributed by atoms with van der Waals surface area (Å²) in [6.45, 7) is 3.41. The first-order valence-corrected chi connectivity index (χ1v) is 7.97. The Morgan fingerprint density at radius 3 is 2.70 bits per heavy atom. The van der Waals surface area contributed by atoms with Crippen molar-refractivity contribution in [2.45, 2.75) is 24.3 Å². The molecule has 1 heterocycles. The van der Waals surface area contributed by atoms with Crippen molar-refractivity contribution in [3.8, 4) is 5.75 Å². The fraction of sp³-hybridized carbons (Fsp3) is 0.538. The van der Waals surface area contributed by atoms with Crippen LogP contribution >= 0.6 is 0 Å². The van der Waals surface area contributed by atoms with E-state index in [1.807, 2.05) is 14.0 Å². The number of anilines is 1. The van der Waals surface area contributed by atoms with Crippen molar-refractivity contribution < 1.29 is 13.2 Å². The number of rotatable bonds is 4. The molecule has 1 fully saturated rings.